The molecular formula is C73H143NO5. The molecule has 0 fully saturated rings. The summed E-state index contributed by atoms with van der Waals surface area (Å²) in [4.78, 5) is 24.6. The average Bonchev–Trinajstić information content (AvgIpc) is 3.45. The second-order valence-electron chi connectivity index (χ2n) is 25.3. The predicted octanol–water partition coefficient (Wildman–Crippen LogP) is 23.5. The van der Waals surface area contributed by atoms with Crippen molar-refractivity contribution in [2.45, 2.75) is 431 Å². The van der Waals surface area contributed by atoms with E-state index in [0.717, 1.165) is 38.5 Å². The number of ether oxygens (including phenoxy) is 1. The Bertz CT molecular complexity index is 1190. The molecule has 79 heavy (non-hydrogen) atoms. The normalized spacial score (nSPS) is 12.5. The van der Waals surface area contributed by atoms with Crippen LogP contribution in [-0.2, 0) is 14.3 Å². The van der Waals surface area contributed by atoms with Crippen LogP contribution in [0.3, 0.4) is 0 Å². The van der Waals surface area contributed by atoms with Crippen molar-refractivity contribution >= 4 is 11.9 Å². The van der Waals surface area contributed by atoms with E-state index in [1.54, 1.807) is 6.08 Å². The monoisotopic (exact) mass is 1110 g/mol. The van der Waals surface area contributed by atoms with Crippen molar-refractivity contribution in [2.24, 2.45) is 0 Å². The summed E-state index contributed by atoms with van der Waals surface area (Å²) < 4.78 is 5.49. The zero-order valence-corrected chi connectivity index (χ0v) is 53.9. The molecule has 0 bridgehead atoms. The quantitative estimate of drug-likeness (QED) is 0.0320. The van der Waals surface area contributed by atoms with Crippen molar-refractivity contribution in [1.82, 2.24) is 5.32 Å². The van der Waals surface area contributed by atoms with Crippen LogP contribution in [0.1, 0.15) is 418 Å². The fourth-order valence-electron chi connectivity index (χ4n) is 11.8. The van der Waals surface area contributed by atoms with E-state index in [2.05, 4.69) is 19.2 Å². The number of carbonyl (C=O) groups excluding carboxylic acids is 2. The van der Waals surface area contributed by atoms with Crippen molar-refractivity contribution < 1.29 is 24.5 Å². The van der Waals surface area contributed by atoms with Crippen LogP contribution in [0.25, 0.3) is 0 Å². The van der Waals surface area contributed by atoms with Gasteiger partial charge in [0.25, 0.3) is 0 Å². The van der Waals surface area contributed by atoms with Crippen LogP contribution < -0.4 is 5.32 Å². The van der Waals surface area contributed by atoms with Crippen LogP contribution >= 0.6 is 0 Å². The van der Waals surface area contributed by atoms with Gasteiger partial charge in [-0.2, -0.15) is 0 Å². The summed E-state index contributed by atoms with van der Waals surface area (Å²) in [6.07, 6.45) is 85.9. The van der Waals surface area contributed by atoms with Gasteiger partial charge in [0.05, 0.1) is 25.4 Å². The van der Waals surface area contributed by atoms with Gasteiger partial charge in [0, 0.05) is 12.8 Å². The lowest BCUT2D eigenvalue weighted by molar-refractivity contribution is -0.143. The lowest BCUT2D eigenvalue weighted by Gasteiger charge is -2.20. The first-order valence-corrected chi connectivity index (χ1v) is 36.5. The van der Waals surface area contributed by atoms with Crippen molar-refractivity contribution in [1.29, 1.82) is 0 Å². The molecule has 1 amide bonds. The van der Waals surface area contributed by atoms with Crippen LogP contribution in [0.15, 0.2) is 12.2 Å². The molecule has 3 N–H and O–H groups in total. The highest BCUT2D eigenvalue weighted by Gasteiger charge is 2.18. The van der Waals surface area contributed by atoms with Crippen molar-refractivity contribution in [3.8, 4) is 0 Å². The number of nitrogens with one attached hydrogen (secondary N) is 1. The van der Waals surface area contributed by atoms with Gasteiger partial charge in [-0.15, -0.1) is 0 Å². The van der Waals surface area contributed by atoms with Gasteiger partial charge in [0.2, 0.25) is 5.91 Å². The molecule has 0 aromatic carbocycles. The van der Waals surface area contributed by atoms with E-state index in [0.29, 0.717) is 19.4 Å². The van der Waals surface area contributed by atoms with Gasteiger partial charge < -0.3 is 20.3 Å². The van der Waals surface area contributed by atoms with Gasteiger partial charge in [0.1, 0.15) is 0 Å². The fraction of sp³-hybridized carbons (Fsp3) is 0.945. The number of aliphatic hydroxyl groups is 2. The lowest BCUT2D eigenvalue weighted by Crippen LogP contribution is -2.45. The maximum absolute atomic E-state index is 12.5. The number of rotatable bonds is 69. The first kappa shape index (κ1) is 77.6. The second kappa shape index (κ2) is 69.1. The van der Waals surface area contributed by atoms with E-state index >= 15 is 0 Å². The van der Waals surface area contributed by atoms with Crippen molar-refractivity contribution in [3.63, 3.8) is 0 Å². The summed E-state index contributed by atoms with van der Waals surface area (Å²) in [5.41, 5.74) is 0. The van der Waals surface area contributed by atoms with Crippen LogP contribution in [0.5, 0.6) is 0 Å². The zero-order chi connectivity index (χ0) is 57.1. The molecule has 0 saturated heterocycles. The molecule has 0 aromatic rings. The molecule has 0 aliphatic heterocycles. The van der Waals surface area contributed by atoms with Gasteiger partial charge in [-0.25, -0.2) is 0 Å². The summed E-state index contributed by atoms with van der Waals surface area (Å²) in [6.45, 7) is 4.95. The highest BCUT2D eigenvalue weighted by atomic mass is 16.5. The zero-order valence-electron chi connectivity index (χ0n) is 53.9. The number of esters is 1. The standard InChI is InChI=1S/C73H143NO5/c1-3-5-7-9-11-13-15-17-18-19-33-36-39-42-45-49-53-57-61-65-71(76)70(69-75)74-72(77)66-62-58-54-50-46-43-40-37-34-31-29-27-25-23-21-20-22-24-26-28-30-32-35-38-41-44-48-52-56-60-64-68-79-73(78)67-63-59-55-51-47-16-14-12-10-8-6-4-2/h61,65,70-71,75-76H,3-60,62-64,66-69H2,1-2H3,(H,74,77)/b65-61+. The summed E-state index contributed by atoms with van der Waals surface area (Å²) >= 11 is 0. The maximum atomic E-state index is 12.5. The number of amides is 1. The predicted molar refractivity (Wildman–Crippen MR) is 347 cm³/mol. The molecule has 0 aliphatic carbocycles. The average molecular weight is 1110 g/mol. The van der Waals surface area contributed by atoms with E-state index in [-0.39, 0.29) is 18.5 Å². The Kier molecular flexibility index (Phi) is 67.9. The van der Waals surface area contributed by atoms with Gasteiger partial charge in [-0.05, 0) is 32.1 Å². The van der Waals surface area contributed by atoms with E-state index in [4.69, 9.17) is 4.74 Å². The highest BCUT2D eigenvalue weighted by molar-refractivity contribution is 5.76. The van der Waals surface area contributed by atoms with Crippen LogP contribution in [0.2, 0.25) is 0 Å². The Labute approximate surface area is 495 Å². The molecule has 0 spiro atoms. The molecule has 2 atom stereocenters. The van der Waals surface area contributed by atoms with Gasteiger partial charge >= 0.3 is 5.97 Å². The molecule has 0 rings (SSSR count). The van der Waals surface area contributed by atoms with E-state index in [1.807, 2.05) is 6.08 Å². The molecular weight excluding hydrogens is 971 g/mol. The Morgan fingerprint density at radius 3 is 0.861 bits per heavy atom. The maximum Gasteiger partial charge on any atom is 0.305 e. The number of hydrogen-bond acceptors (Lipinski definition) is 5. The number of carbonyl (C=O) groups is 2. The molecule has 470 valence electrons. The van der Waals surface area contributed by atoms with Gasteiger partial charge in [0.15, 0.2) is 0 Å². The van der Waals surface area contributed by atoms with Gasteiger partial charge in [-0.3, -0.25) is 9.59 Å². The molecule has 0 aliphatic rings. The Balaban J connectivity index is 3.34. The highest BCUT2D eigenvalue weighted by Crippen LogP contribution is 2.19. The summed E-state index contributed by atoms with van der Waals surface area (Å²) in [5.74, 6) is -0.0374. The Morgan fingerprint density at radius 2 is 0.582 bits per heavy atom. The lowest BCUT2D eigenvalue weighted by atomic mass is 10.0. The molecule has 0 heterocycles. The number of aliphatic hydroxyl groups excluding tert-OH is 2. The first-order valence-electron chi connectivity index (χ1n) is 36.5. The molecule has 0 saturated carbocycles. The fourth-order valence-corrected chi connectivity index (χ4v) is 11.8. The summed E-state index contributed by atoms with van der Waals surface area (Å²) in [7, 11) is 0. The first-order chi connectivity index (χ1) is 39.0. The topological polar surface area (TPSA) is 95.9 Å². The minimum absolute atomic E-state index is 0.0220. The van der Waals surface area contributed by atoms with E-state index in [1.165, 1.54) is 353 Å². The molecule has 0 aromatic heterocycles. The molecule has 0 radical (unpaired) electrons. The minimum atomic E-state index is -0.841. The third-order valence-corrected chi connectivity index (χ3v) is 17.3. The van der Waals surface area contributed by atoms with E-state index in [9.17, 15) is 19.8 Å². The molecule has 6 nitrogen and oxygen atoms in total. The van der Waals surface area contributed by atoms with Crippen LogP contribution in [-0.4, -0.2) is 47.4 Å². The third-order valence-electron chi connectivity index (χ3n) is 17.3. The number of allylic oxidation sites excluding steroid dienone is 1. The summed E-state index contributed by atoms with van der Waals surface area (Å²) in [5, 5.41) is 23.2. The van der Waals surface area contributed by atoms with Crippen molar-refractivity contribution in [2.75, 3.05) is 13.2 Å². The molecule has 6 heteroatoms. The van der Waals surface area contributed by atoms with Gasteiger partial charge in [-0.1, -0.05) is 386 Å². The van der Waals surface area contributed by atoms with Crippen LogP contribution in [0.4, 0.5) is 0 Å². The smallest absolute Gasteiger partial charge is 0.305 e. The summed E-state index contributed by atoms with van der Waals surface area (Å²) in [6, 6.07) is -0.624. The number of unbranched alkanes of at least 4 members (excludes halogenated alkanes) is 58. The third kappa shape index (κ3) is 65.6. The largest absolute Gasteiger partial charge is 0.466 e. The minimum Gasteiger partial charge on any atom is -0.466 e. The van der Waals surface area contributed by atoms with Crippen LogP contribution in [0, 0.1) is 0 Å². The second-order valence-corrected chi connectivity index (χ2v) is 25.3. The number of hydrogen-bond donors (Lipinski definition) is 3. The van der Waals surface area contributed by atoms with E-state index < -0.39 is 12.1 Å². The van der Waals surface area contributed by atoms with Crippen molar-refractivity contribution in [3.05, 3.63) is 12.2 Å². The Hall–Kier alpha value is -1.40. The Morgan fingerprint density at radius 1 is 0.342 bits per heavy atom. The SMILES string of the molecule is CCCCCCCCCCCCCCCCCCC/C=C/C(O)C(CO)NC(=O)CCCCCCCCCCCCCCCCCCCCCCCCCCCCCCCCCOC(=O)CCCCCCCCCCCCCC. The molecule has 2 unspecified atom stereocenters.